The molecule has 0 bridgehead atoms. The van der Waals surface area contributed by atoms with Gasteiger partial charge in [0.15, 0.2) is 5.76 Å². The van der Waals surface area contributed by atoms with E-state index in [0.717, 1.165) is 44.9 Å². The predicted octanol–water partition coefficient (Wildman–Crippen LogP) is 2.72. The zero-order chi connectivity index (χ0) is 15.7. The molecule has 5 heteroatoms. The van der Waals surface area contributed by atoms with Crippen LogP contribution in [-0.4, -0.2) is 49.8 Å². The van der Waals surface area contributed by atoms with Crippen LogP contribution in [0.2, 0.25) is 0 Å². The van der Waals surface area contributed by atoms with Gasteiger partial charge in [0, 0.05) is 31.7 Å². The van der Waals surface area contributed by atoms with Gasteiger partial charge in [0.25, 0.3) is 5.91 Å². The highest BCUT2D eigenvalue weighted by molar-refractivity contribution is 5.91. The Labute approximate surface area is 136 Å². The molecule has 2 saturated heterocycles. The number of nitrogens with zero attached hydrogens (tertiary/aromatic N) is 1. The Hall–Kier alpha value is -1.33. The molecule has 3 fully saturated rings. The lowest BCUT2D eigenvalue weighted by molar-refractivity contribution is -0.147. The summed E-state index contributed by atoms with van der Waals surface area (Å²) in [6.07, 6.45) is 7.39. The minimum atomic E-state index is -0.0480. The number of ether oxygens (including phenoxy) is 2. The van der Waals surface area contributed by atoms with Crippen molar-refractivity contribution in [3.8, 4) is 0 Å². The first-order valence-electron chi connectivity index (χ1n) is 8.79. The first-order chi connectivity index (χ1) is 11.3. The van der Waals surface area contributed by atoms with Gasteiger partial charge >= 0.3 is 0 Å². The summed E-state index contributed by atoms with van der Waals surface area (Å²) in [5.74, 6) is 1.17. The number of furan rings is 1. The Morgan fingerprint density at radius 3 is 3.09 bits per heavy atom. The summed E-state index contributed by atoms with van der Waals surface area (Å²) in [6.45, 7) is 3.84. The van der Waals surface area contributed by atoms with Crippen molar-refractivity contribution in [1.82, 2.24) is 4.90 Å². The Kier molecular flexibility index (Phi) is 4.16. The highest BCUT2D eigenvalue weighted by Crippen LogP contribution is 2.41. The van der Waals surface area contributed by atoms with Crippen LogP contribution < -0.4 is 0 Å². The predicted molar refractivity (Wildman–Crippen MR) is 84.2 cm³/mol. The van der Waals surface area contributed by atoms with Crippen LogP contribution in [0.5, 0.6) is 0 Å². The van der Waals surface area contributed by atoms with Crippen LogP contribution in [0.25, 0.3) is 0 Å². The second-order valence-corrected chi connectivity index (χ2v) is 7.28. The summed E-state index contributed by atoms with van der Waals surface area (Å²) in [7, 11) is 0. The molecule has 4 rings (SSSR count). The molecule has 0 spiro atoms. The van der Waals surface area contributed by atoms with E-state index in [-0.39, 0.29) is 17.4 Å². The fourth-order valence-corrected chi connectivity index (χ4v) is 3.94. The van der Waals surface area contributed by atoms with E-state index < -0.39 is 0 Å². The number of carbonyl (C=O) groups is 1. The molecule has 1 saturated carbocycles. The lowest BCUT2D eigenvalue weighted by Gasteiger charge is -2.50. The molecular formula is C18H25NO4. The number of likely N-dealkylation sites (tertiary alicyclic amines) is 1. The maximum absolute atomic E-state index is 12.6. The molecule has 0 aromatic carbocycles. The van der Waals surface area contributed by atoms with Crippen LogP contribution in [0.3, 0.4) is 0 Å². The summed E-state index contributed by atoms with van der Waals surface area (Å²) in [5.41, 5.74) is -0.0480. The molecular weight excluding hydrogens is 294 g/mol. The molecule has 126 valence electrons. The van der Waals surface area contributed by atoms with Gasteiger partial charge in [-0.25, -0.2) is 0 Å². The third-order valence-corrected chi connectivity index (χ3v) is 5.45. The molecule has 3 heterocycles. The zero-order valence-corrected chi connectivity index (χ0v) is 13.5. The van der Waals surface area contributed by atoms with Gasteiger partial charge in [0.1, 0.15) is 0 Å². The van der Waals surface area contributed by atoms with Crippen molar-refractivity contribution >= 4 is 5.91 Å². The molecule has 1 amide bonds. The van der Waals surface area contributed by atoms with Crippen molar-refractivity contribution in [2.45, 2.75) is 38.2 Å². The van der Waals surface area contributed by atoms with Crippen molar-refractivity contribution in [2.75, 3.05) is 32.9 Å². The number of rotatable bonds is 5. The van der Waals surface area contributed by atoms with Crippen LogP contribution in [0.1, 0.15) is 42.7 Å². The summed E-state index contributed by atoms with van der Waals surface area (Å²) in [4.78, 5) is 14.5. The molecule has 0 unspecified atom stereocenters. The number of piperidine rings is 1. The van der Waals surface area contributed by atoms with Gasteiger partial charge in [-0.05, 0) is 50.2 Å². The van der Waals surface area contributed by atoms with Crippen molar-refractivity contribution in [1.29, 1.82) is 0 Å². The molecule has 1 aromatic heterocycles. The molecule has 23 heavy (non-hydrogen) atoms. The van der Waals surface area contributed by atoms with Crippen LogP contribution in [0.4, 0.5) is 0 Å². The first kappa shape index (κ1) is 15.2. The molecule has 0 N–H and O–H groups in total. The number of hydrogen-bond donors (Lipinski definition) is 0. The number of fused-ring (bicyclic) bond motifs is 1. The zero-order valence-electron chi connectivity index (χ0n) is 13.5. The average molecular weight is 319 g/mol. The number of carbonyl (C=O) groups excluding carboxylic acids is 1. The van der Waals surface area contributed by atoms with E-state index in [0.29, 0.717) is 18.9 Å². The van der Waals surface area contributed by atoms with E-state index in [2.05, 4.69) is 0 Å². The van der Waals surface area contributed by atoms with Gasteiger partial charge in [-0.2, -0.15) is 0 Å². The maximum Gasteiger partial charge on any atom is 0.289 e. The normalized spacial score (nSPS) is 31.0. The first-order valence-corrected chi connectivity index (χ1v) is 8.79. The third-order valence-electron chi connectivity index (χ3n) is 5.45. The molecule has 1 aromatic rings. The lowest BCUT2D eigenvalue weighted by atomic mass is 9.73. The van der Waals surface area contributed by atoms with E-state index in [1.54, 1.807) is 18.4 Å². The molecule has 2 atom stereocenters. The molecule has 3 aliphatic rings. The van der Waals surface area contributed by atoms with Crippen molar-refractivity contribution in [3.63, 3.8) is 0 Å². The summed E-state index contributed by atoms with van der Waals surface area (Å²) in [5, 5.41) is 0. The second kappa shape index (κ2) is 6.29. The Morgan fingerprint density at radius 2 is 2.30 bits per heavy atom. The van der Waals surface area contributed by atoms with Gasteiger partial charge < -0.3 is 18.8 Å². The van der Waals surface area contributed by atoms with E-state index in [1.807, 2.05) is 4.90 Å². The molecule has 5 nitrogen and oxygen atoms in total. The average Bonchev–Trinajstić information content (AvgIpc) is 3.24. The monoisotopic (exact) mass is 319 g/mol. The van der Waals surface area contributed by atoms with Gasteiger partial charge in [-0.3, -0.25) is 4.79 Å². The number of hydrogen-bond acceptors (Lipinski definition) is 4. The van der Waals surface area contributed by atoms with Gasteiger partial charge in [-0.15, -0.1) is 0 Å². The van der Waals surface area contributed by atoms with Crippen LogP contribution in [0, 0.1) is 11.3 Å². The largest absolute Gasteiger partial charge is 0.459 e. The smallest absolute Gasteiger partial charge is 0.289 e. The van der Waals surface area contributed by atoms with Crippen LogP contribution in [-0.2, 0) is 9.47 Å². The summed E-state index contributed by atoms with van der Waals surface area (Å²) in [6, 6.07) is 3.50. The third kappa shape index (κ3) is 3.17. The molecule has 2 aliphatic heterocycles. The van der Waals surface area contributed by atoms with Crippen molar-refractivity contribution < 1.29 is 18.7 Å². The van der Waals surface area contributed by atoms with Crippen LogP contribution in [0.15, 0.2) is 22.8 Å². The fraction of sp³-hybridized carbons (Fsp3) is 0.722. The van der Waals surface area contributed by atoms with E-state index in [4.69, 9.17) is 13.9 Å². The maximum atomic E-state index is 12.6. The Balaban J connectivity index is 1.46. The van der Waals surface area contributed by atoms with Gasteiger partial charge in [-0.1, -0.05) is 0 Å². The minimum Gasteiger partial charge on any atom is -0.459 e. The highest BCUT2D eigenvalue weighted by Gasteiger charge is 2.47. The van der Waals surface area contributed by atoms with E-state index >= 15 is 0 Å². The Morgan fingerprint density at radius 1 is 1.39 bits per heavy atom. The second-order valence-electron chi connectivity index (χ2n) is 7.28. The van der Waals surface area contributed by atoms with Gasteiger partial charge in [0.2, 0.25) is 0 Å². The lowest BCUT2D eigenvalue weighted by Crippen LogP contribution is -2.58. The standard InChI is InChI=1S/C18H25NO4/c20-17(15-3-1-9-22-15)19-8-6-16-18(12-19,7-2-10-23-16)13-21-11-14-4-5-14/h1,3,9,14,16H,2,4-8,10-13H2/t16-,18+/m1/s1. The quantitative estimate of drug-likeness (QED) is 0.837. The summed E-state index contributed by atoms with van der Waals surface area (Å²) < 4.78 is 17.4. The SMILES string of the molecule is O=C(c1ccco1)N1CC[C@H]2OCCC[C@@]2(COCC2CC2)C1. The molecule has 1 aliphatic carbocycles. The Bertz CT molecular complexity index is 539. The number of amides is 1. The van der Waals surface area contributed by atoms with Crippen molar-refractivity contribution in [3.05, 3.63) is 24.2 Å². The van der Waals surface area contributed by atoms with Crippen molar-refractivity contribution in [2.24, 2.45) is 11.3 Å². The summed E-state index contributed by atoms with van der Waals surface area (Å²) >= 11 is 0. The molecule has 0 radical (unpaired) electrons. The fourth-order valence-electron chi connectivity index (χ4n) is 3.94. The van der Waals surface area contributed by atoms with E-state index in [1.165, 1.54) is 12.8 Å². The van der Waals surface area contributed by atoms with Gasteiger partial charge in [0.05, 0.1) is 19.0 Å². The van der Waals surface area contributed by atoms with Crippen LogP contribution >= 0.6 is 0 Å². The highest BCUT2D eigenvalue weighted by atomic mass is 16.5. The topological polar surface area (TPSA) is 51.9 Å². The minimum absolute atomic E-state index is 0.0133. The van der Waals surface area contributed by atoms with E-state index in [9.17, 15) is 4.79 Å².